The molecule has 2 heterocycles. The lowest BCUT2D eigenvalue weighted by Crippen LogP contribution is -2.35. The quantitative estimate of drug-likeness (QED) is 0.799. The van der Waals surface area contributed by atoms with E-state index in [2.05, 4.69) is 23.0 Å². The van der Waals surface area contributed by atoms with E-state index in [0.717, 1.165) is 48.1 Å². The van der Waals surface area contributed by atoms with Crippen molar-refractivity contribution in [1.82, 2.24) is 10.3 Å². The van der Waals surface area contributed by atoms with Crippen LogP contribution in [0.5, 0.6) is 5.75 Å². The summed E-state index contributed by atoms with van der Waals surface area (Å²) >= 11 is 0. The van der Waals surface area contributed by atoms with Crippen LogP contribution in [-0.4, -0.2) is 25.2 Å². The van der Waals surface area contributed by atoms with Crippen molar-refractivity contribution in [3.05, 3.63) is 48.7 Å². The molecule has 0 spiro atoms. The number of nitrogens with one attached hydrogen (secondary N) is 1. The van der Waals surface area contributed by atoms with Crippen LogP contribution < -0.4 is 15.8 Å². The molecule has 24 heavy (non-hydrogen) atoms. The van der Waals surface area contributed by atoms with Crippen LogP contribution in [0.2, 0.25) is 0 Å². The van der Waals surface area contributed by atoms with Gasteiger partial charge in [0.15, 0.2) is 0 Å². The molecule has 3 atom stereocenters. The Labute approximate surface area is 144 Å². The highest BCUT2D eigenvalue weighted by Crippen LogP contribution is 2.31. The average molecular weight is 325 g/mol. The number of hydrogen-bond acceptors (Lipinski definition) is 4. The van der Waals surface area contributed by atoms with E-state index in [4.69, 9.17) is 10.5 Å². The van der Waals surface area contributed by atoms with Gasteiger partial charge >= 0.3 is 0 Å². The minimum Gasteiger partial charge on any atom is -0.497 e. The summed E-state index contributed by atoms with van der Waals surface area (Å²) in [5.41, 5.74) is 8.67. The molecular weight excluding hydrogens is 298 g/mol. The molecule has 1 aliphatic heterocycles. The van der Waals surface area contributed by atoms with Gasteiger partial charge in [0, 0.05) is 24.2 Å². The Morgan fingerprint density at radius 2 is 2.33 bits per heavy atom. The van der Waals surface area contributed by atoms with E-state index in [1.807, 2.05) is 30.5 Å². The van der Waals surface area contributed by atoms with Gasteiger partial charge in [0.05, 0.1) is 12.6 Å². The van der Waals surface area contributed by atoms with E-state index in [-0.39, 0.29) is 6.04 Å². The minimum atomic E-state index is 0.0166. The number of benzene rings is 1. The fourth-order valence-corrected chi connectivity index (χ4v) is 3.72. The number of aromatic nitrogens is 1. The lowest BCUT2D eigenvalue weighted by atomic mass is 9.82. The monoisotopic (exact) mass is 325 g/mol. The Morgan fingerprint density at radius 3 is 3.12 bits per heavy atom. The lowest BCUT2D eigenvalue weighted by Gasteiger charge is -2.31. The molecule has 0 aliphatic carbocycles. The second-order valence-electron chi connectivity index (χ2n) is 6.62. The maximum absolute atomic E-state index is 6.55. The standard InChI is InChI=1S/C20H27N3O/c1-3-14-13-22-10-8-15(14)4-6-19(21)17-9-11-23-20-7-5-16(24-2)12-18(17)20/h3,5,7,9,11-12,14-15,19,22H,1,4,6,8,10,13,21H2,2H3/t14-,15+,19?/m0/s1. The van der Waals surface area contributed by atoms with E-state index in [0.29, 0.717) is 11.8 Å². The first-order chi connectivity index (χ1) is 11.7. The molecule has 2 aromatic rings. The molecule has 0 saturated carbocycles. The van der Waals surface area contributed by atoms with Crippen LogP contribution >= 0.6 is 0 Å². The molecule has 3 N–H and O–H groups in total. The summed E-state index contributed by atoms with van der Waals surface area (Å²) in [4.78, 5) is 4.44. The van der Waals surface area contributed by atoms with E-state index in [9.17, 15) is 0 Å². The van der Waals surface area contributed by atoms with Gasteiger partial charge in [-0.25, -0.2) is 0 Å². The van der Waals surface area contributed by atoms with Crippen molar-refractivity contribution < 1.29 is 4.74 Å². The van der Waals surface area contributed by atoms with Crippen molar-refractivity contribution in [3.8, 4) is 5.75 Å². The minimum absolute atomic E-state index is 0.0166. The number of nitrogens with zero attached hydrogens (tertiary/aromatic N) is 1. The molecule has 0 radical (unpaired) electrons. The van der Waals surface area contributed by atoms with Gasteiger partial charge in [0.25, 0.3) is 0 Å². The maximum Gasteiger partial charge on any atom is 0.119 e. The number of ether oxygens (including phenoxy) is 1. The summed E-state index contributed by atoms with van der Waals surface area (Å²) in [5.74, 6) is 2.08. The van der Waals surface area contributed by atoms with Gasteiger partial charge in [-0.2, -0.15) is 0 Å². The van der Waals surface area contributed by atoms with E-state index in [1.54, 1.807) is 7.11 Å². The second kappa shape index (κ2) is 7.77. The zero-order chi connectivity index (χ0) is 16.9. The summed E-state index contributed by atoms with van der Waals surface area (Å²) in [6.07, 6.45) is 7.25. The first kappa shape index (κ1) is 16.9. The van der Waals surface area contributed by atoms with E-state index < -0.39 is 0 Å². The molecule has 1 aromatic heterocycles. The molecule has 0 bridgehead atoms. The molecule has 128 valence electrons. The van der Waals surface area contributed by atoms with Crippen molar-refractivity contribution in [3.63, 3.8) is 0 Å². The molecule has 1 aliphatic rings. The van der Waals surface area contributed by atoms with Gasteiger partial charge in [-0.3, -0.25) is 4.98 Å². The highest BCUT2D eigenvalue weighted by Gasteiger charge is 2.23. The summed E-state index contributed by atoms with van der Waals surface area (Å²) in [5, 5.41) is 4.54. The zero-order valence-corrected chi connectivity index (χ0v) is 14.4. The summed E-state index contributed by atoms with van der Waals surface area (Å²) in [6.45, 7) is 6.12. The van der Waals surface area contributed by atoms with Crippen LogP contribution in [0.4, 0.5) is 0 Å². The molecule has 0 amide bonds. The number of hydrogen-bond donors (Lipinski definition) is 2. The Kier molecular flexibility index (Phi) is 5.48. The molecular formula is C20H27N3O. The van der Waals surface area contributed by atoms with Gasteiger partial charge in [0.1, 0.15) is 5.75 Å². The molecule has 4 heteroatoms. The number of rotatable bonds is 6. The topological polar surface area (TPSA) is 60.2 Å². The van der Waals surface area contributed by atoms with Crippen LogP contribution in [-0.2, 0) is 0 Å². The number of nitrogens with two attached hydrogens (primary N) is 1. The third-order valence-corrected chi connectivity index (χ3v) is 5.21. The van der Waals surface area contributed by atoms with Crippen LogP contribution in [0.1, 0.15) is 30.9 Å². The van der Waals surface area contributed by atoms with Crippen LogP contribution in [0.25, 0.3) is 10.9 Å². The van der Waals surface area contributed by atoms with Crippen LogP contribution in [0, 0.1) is 11.8 Å². The van der Waals surface area contributed by atoms with Gasteiger partial charge in [0.2, 0.25) is 0 Å². The summed E-state index contributed by atoms with van der Waals surface area (Å²) in [6, 6.07) is 8.02. The Hall–Kier alpha value is -1.91. The number of piperidine rings is 1. The van der Waals surface area contributed by atoms with Crippen molar-refractivity contribution in [2.45, 2.75) is 25.3 Å². The normalized spacial score (nSPS) is 22.2. The second-order valence-corrected chi connectivity index (χ2v) is 6.62. The van der Waals surface area contributed by atoms with Gasteiger partial charge in [-0.15, -0.1) is 6.58 Å². The maximum atomic E-state index is 6.55. The molecule has 1 unspecified atom stereocenters. The fourth-order valence-electron chi connectivity index (χ4n) is 3.72. The van der Waals surface area contributed by atoms with Crippen molar-refractivity contribution in [2.24, 2.45) is 17.6 Å². The van der Waals surface area contributed by atoms with Gasteiger partial charge in [-0.1, -0.05) is 6.08 Å². The Morgan fingerprint density at radius 1 is 1.46 bits per heavy atom. The Bertz CT molecular complexity index is 700. The number of methoxy groups -OCH3 is 1. The van der Waals surface area contributed by atoms with Crippen LogP contribution in [0.15, 0.2) is 43.1 Å². The molecule has 3 rings (SSSR count). The van der Waals surface area contributed by atoms with E-state index in [1.165, 1.54) is 6.42 Å². The third kappa shape index (κ3) is 3.60. The highest BCUT2D eigenvalue weighted by atomic mass is 16.5. The predicted molar refractivity (Wildman–Crippen MR) is 99.1 cm³/mol. The third-order valence-electron chi connectivity index (χ3n) is 5.21. The SMILES string of the molecule is C=C[C@H]1CNCC[C@H]1CCC(N)c1ccnc2ccc(OC)cc12. The van der Waals surface area contributed by atoms with Gasteiger partial charge in [-0.05, 0) is 67.5 Å². The largest absolute Gasteiger partial charge is 0.497 e. The first-order valence-corrected chi connectivity index (χ1v) is 8.74. The molecule has 1 aromatic carbocycles. The highest BCUT2D eigenvalue weighted by molar-refractivity contribution is 5.83. The smallest absolute Gasteiger partial charge is 0.119 e. The molecule has 1 saturated heterocycles. The fraction of sp³-hybridized carbons (Fsp3) is 0.450. The summed E-state index contributed by atoms with van der Waals surface area (Å²) in [7, 11) is 1.68. The zero-order valence-electron chi connectivity index (χ0n) is 14.4. The number of pyridine rings is 1. The van der Waals surface area contributed by atoms with Crippen molar-refractivity contribution in [1.29, 1.82) is 0 Å². The van der Waals surface area contributed by atoms with Crippen LogP contribution in [0.3, 0.4) is 0 Å². The summed E-state index contributed by atoms with van der Waals surface area (Å²) < 4.78 is 5.35. The Balaban J connectivity index is 1.76. The van der Waals surface area contributed by atoms with Crippen molar-refractivity contribution >= 4 is 10.9 Å². The van der Waals surface area contributed by atoms with Gasteiger partial charge < -0.3 is 15.8 Å². The lowest BCUT2D eigenvalue weighted by molar-refractivity contribution is 0.274. The average Bonchev–Trinajstić information content (AvgIpc) is 2.65. The van der Waals surface area contributed by atoms with Crippen molar-refractivity contribution in [2.75, 3.05) is 20.2 Å². The molecule has 1 fully saturated rings. The first-order valence-electron chi connectivity index (χ1n) is 8.74. The molecule has 4 nitrogen and oxygen atoms in total. The predicted octanol–water partition coefficient (Wildman–Crippen LogP) is 3.44. The number of fused-ring (bicyclic) bond motifs is 1. The van der Waals surface area contributed by atoms with E-state index >= 15 is 0 Å².